The van der Waals surface area contributed by atoms with E-state index < -0.39 is 5.41 Å². The molecule has 0 bridgehead atoms. The number of hydrogen-bond acceptors (Lipinski definition) is 3. The fourth-order valence-corrected chi connectivity index (χ4v) is 3.56. The minimum atomic E-state index is -0.821. The van der Waals surface area contributed by atoms with E-state index >= 15 is 0 Å². The predicted octanol–water partition coefficient (Wildman–Crippen LogP) is 4.42. The van der Waals surface area contributed by atoms with Gasteiger partial charge in [0.05, 0.1) is 17.3 Å². The molecule has 0 saturated heterocycles. The van der Waals surface area contributed by atoms with Crippen LogP contribution in [0.1, 0.15) is 41.8 Å². The van der Waals surface area contributed by atoms with Crippen molar-refractivity contribution in [2.75, 3.05) is 0 Å². The van der Waals surface area contributed by atoms with Gasteiger partial charge in [-0.05, 0) is 75.4 Å². The summed E-state index contributed by atoms with van der Waals surface area (Å²) in [5.74, 6) is -0.289. The number of hydrogen-bond donors (Lipinski definition) is 0. The third-order valence-electron chi connectivity index (χ3n) is 5.51. The topological polar surface area (TPSA) is 47.8 Å². The molecule has 0 unspecified atom stereocenters. The van der Waals surface area contributed by atoms with Gasteiger partial charge in [0, 0.05) is 18.1 Å². The lowest BCUT2D eigenvalue weighted by atomic mass is 9.73. The van der Waals surface area contributed by atoms with Crippen molar-refractivity contribution in [2.24, 2.45) is 0 Å². The molecule has 5 heteroatoms. The van der Waals surface area contributed by atoms with E-state index in [9.17, 15) is 9.18 Å². The molecule has 140 valence electrons. The molecule has 0 fully saturated rings. The van der Waals surface area contributed by atoms with Gasteiger partial charge in [0.2, 0.25) is 0 Å². The highest BCUT2D eigenvalue weighted by atomic mass is 19.1. The number of benzene rings is 1. The van der Waals surface area contributed by atoms with Crippen LogP contribution in [0, 0.1) is 26.6 Å². The fraction of sp³-hybridized carbons (Fsp3) is 0.318. The highest BCUT2D eigenvalue weighted by Gasteiger charge is 2.35. The van der Waals surface area contributed by atoms with Crippen LogP contribution in [0.15, 0.2) is 42.9 Å². The summed E-state index contributed by atoms with van der Waals surface area (Å²) in [5, 5.41) is 4.53. The number of carbonyl (C=O) groups is 1. The maximum atomic E-state index is 14.1. The first-order chi connectivity index (χ1) is 12.8. The van der Waals surface area contributed by atoms with E-state index in [1.165, 1.54) is 6.07 Å². The van der Waals surface area contributed by atoms with Crippen LogP contribution in [0.25, 0.3) is 5.69 Å². The van der Waals surface area contributed by atoms with E-state index in [-0.39, 0.29) is 11.6 Å². The van der Waals surface area contributed by atoms with E-state index in [0.29, 0.717) is 12.0 Å². The molecule has 0 aliphatic carbocycles. The Kier molecular flexibility index (Phi) is 4.96. The Bertz CT molecular complexity index is 1010. The molecule has 3 rings (SSSR count). The zero-order valence-electron chi connectivity index (χ0n) is 16.4. The highest BCUT2D eigenvalue weighted by molar-refractivity contribution is 5.88. The number of aromatic nitrogens is 3. The first kappa shape index (κ1) is 19.0. The van der Waals surface area contributed by atoms with Gasteiger partial charge in [0.25, 0.3) is 0 Å². The first-order valence-electron chi connectivity index (χ1n) is 8.97. The van der Waals surface area contributed by atoms with Crippen LogP contribution in [-0.2, 0) is 16.6 Å². The zero-order chi connectivity index (χ0) is 19.8. The van der Waals surface area contributed by atoms with E-state index in [1.807, 2.05) is 37.6 Å². The highest BCUT2D eigenvalue weighted by Crippen LogP contribution is 2.34. The molecule has 3 aromatic rings. The first-order valence-corrected chi connectivity index (χ1v) is 8.97. The van der Waals surface area contributed by atoms with Crippen molar-refractivity contribution in [1.82, 2.24) is 14.8 Å². The average molecular weight is 365 g/mol. The van der Waals surface area contributed by atoms with Gasteiger partial charge in [-0.25, -0.2) is 9.07 Å². The lowest BCUT2D eigenvalue weighted by Crippen LogP contribution is -2.34. The Hall–Kier alpha value is -2.82. The number of rotatable bonds is 5. The van der Waals surface area contributed by atoms with Gasteiger partial charge in [-0.2, -0.15) is 5.10 Å². The van der Waals surface area contributed by atoms with Crippen molar-refractivity contribution in [3.8, 4) is 5.69 Å². The monoisotopic (exact) mass is 365 g/mol. The lowest BCUT2D eigenvalue weighted by molar-refractivity contribution is -0.121. The van der Waals surface area contributed by atoms with Crippen LogP contribution in [0.5, 0.6) is 0 Å². The van der Waals surface area contributed by atoms with Crippen molar-refractivity contribution in [3.05, 3.63) is 76.6 Å². The summed E-state index contributed by atoms with van der Waals surface area (Å²) in [7, 11) is 0. The normalized spacial score (nSPS) is 13.4. The molecule has 2 heterocycles. The summed E-state index contributed by atoms with van der Waals surface area (Å²) < 4.78 is 16.0. The second-order valence-corrected chi connectivity index (χ2v) is 7.31. The standard InChI is InChI=1S/C22H24FN3O/c1-14-12-24-10-9-21(14)26-16(3)18(13-25-26)11-22(5,17(4)27)19-7-6-8-20(23)15(19)2/h6-10,12-13H,11H2,1-5H3/t22-/m0/s1. The van der Waals surface area contributed by atoms with Gasteiger partial charge >= 0.3 is 0 Å². The van der Waals surface area contributed by atoms with E-state index in [0.717, 1.165) is 28.1 Å². The van der Waals surface area contributed by atoms with E-state index in [1.54, 1.807) is 38.5 Å². The minimum absolute atomic E-state index is 0.00319. The van der Waals surface area contributed by atoms with Gasteiger partial charge in [-0.1, -0.05) is 12.1 Å². The molecule has 1 aromatic carbocycles. The number of nitrogens with zero attached hydrogens (tertiary/aromatic N) is 3. The molecule has 0 aliphatic rings. The fourth-order valence-electron chi connectivity index (χ4n) is 3.56. The Morgan fingerprint density at radius 2 is 1.93 bits per heavy atom. The second kappa shape index (κ2) is 7.06. The summed E-state index contributed by atoms with van der Waals surface area (Å²) in [5.41, 5.74) is 4.33. The number of ketones is 1. The quantitative estimate of drug-likeness (QED) is 0.672. The maximum Gasteiger partial charge on any atom is 0.140 e. The Morgan fingerprint density at radius 3 is 2.59 bits per heavy atom. The van der Waals surface area contributed by atoms with Crippen LogP contribution in [0.4, 0.5) is 4.39 Å². The van der Waals surface area contributed by atoms with Crippen LogP contribution in [0.3, 0.4) is 0 Å². The zero-order valence-corrected chi connectivity index (χ0v) is 16.4. The van der Waals surface area contributed by atoms with Crippen LogP contribution >= 0.6 is 0 Å². The second-order valence-electron chi connectivity index (χ2n) is 7.31. The van der Waals surface area contributed by atoms with Crippen LogP contribution in [-0.4, -0.2) is 20.5 Å². The Labute approximate surface area is 159 Å². The van der Waals surface area contributed by atoms with Gasteiger partial charge in [0.1, 0.15) is 11.6 Å². The Balaban J connectivity index is 2.06. The number of halogens is 1. The van der Waals surface area contributed by atoms with Crippen molar-refractivity contribution in [2.45, 2.75) is 46.5 Å². The molecule has 0 aliphatic heterocycles. The molecule has 1 atom stereocenters. The summed E-state index contributed by atoms with van der Waals surface area (Å²) in [4.78, 5) is 16.7. The Morgan fingerprint density at radius 1 is 1.19 bits per heavy atom. The lowest BCUT2D eigenvalue weighted by Gasteiger charge is -2.29. The van der Waals surface area contributed by atoms with Gasteiger partial charge in [-0.3, -0.25) is 9.78 Å². The molecule has 0 amide bonds. The third-order valence-corrected chi connectivity index (χ3v) is 5.51. The van der Waals surface area contributed by atoms with Crippen molar-refractivity contribution in [1.29, 1.82) is 0 Å². The van der Waals surface area contributed by atoms with Gasteiger partial charge in [-0.15, -0.1) is 0 Å². The smallest absolute Gasteiger partial charge is 0.140 e. The van der Waals surface area contributed by atoms with Crippen LogP contribution in [0.2, 0.25) is 0 Å². The number of pyridine rings is 1. The SMILES string of the molecule is CC(=O)[C@](C)(Cc1cnn(-c2ccncc2C)c1C)c1cccc(F)c1C. The number of carbonyl (C=O) groups excluding carboxylic acids is 1. The van der Waals surface area contributed by atoms with Gasteiger partial charge in [0.15, 0.2) is 0 Å². The van der Waals surface area contributed by atoms with Crippen LogP contribution < -0.4 is 0 Å². The van der Waals surface area contributed by atoms with Crippen molar-refractivity contribution < 1.29 is 9.18 Å². The number of aryl methyl sites for hydroxylation is 1. The molecule has 2 aromatic heterocycles. The molecule has 0 spiro atoms. The average Bonchev–Trinajstić information content (AvgIpc) is 2.98. The molecular weight excluding hydrogens is 341 g/mol. The largest absolute Gasteiger partial charge is 0.299 e. The van der Waals surface area contributed by atoms with E-state index in [2.05, 4.69) is 10.1 Å². The summed E-state index contributed by atoms with van der Waals surface area (Å²) >= 11 is 0. The van der Waals surface area contributed by atoms with E-state index in [4.69, 9.17) is 0 Å². The number of Topliss-reactive ketones (excluding diaryl/α,β-unsaturated/α-hetero) is 1. The minimum Gasteiger partial charge on any atom is -0.299 e. The third kappa shape index (κ3) is 3.29. The molecule has 27 heavy (non-hydrogen) atoms. The van der Waals surface area contributed by atoms with Crippen molar-refractivity contribution >= 4 is 5.78 Å². The summed E-state index contributed by atoms with van der Waals surface area (Å²) in [6.45, 7) is 9.14. The summed E-state index contributed by atoms with van der Waals surface area (Å²) in [6.07, 6.45) is 5.79. The van der Waals surface area contributed by atoms with Crippen molar-refractivity contribution in [3.63, 3.8) is 0 Å². The molecule has 0 saturated carbocycles. The molecule has 0 radical (unpaired) electrons. The predicted molar refractivity (Wildman–Crippen MR) is 104 cm³/mol. The summed E-state index contributed by atoms with van der Waals surface area (Å²) in [6, 6.07) is 6.84. The van der Waals surface area contributed by atoms with Gasteiger partial charge < -0.3 is 0 Å². The molecule has 4 nitrogen and oxygen atoms in total. The molecule has 0 N–H and O–H groups in total. The molecular formula is C22H24FN3O. The maximum absolute atomic E-state index is 14.1.